The average molecular weight is 349 g/mol. The van der Waals surface area contributed by atoms with E-state index in [9.17, 15) is 9.59 Å². The predicted octanol–water partition coefficient (Wildman–Crippen LogP) is 3.56. The number of fused-ring (bicyclic) bond motifs is 1. The topological polar surface area (TPSA) is 46.6 Å². The van der Waals surface area contributed by atoms with E-state index in [2.05, 4.69) is 6.07 Å². The highest BCUT2D eigenvalue weighted by atomic mass is 16.5. The van der Waals surface area contributed by atoms with Crippen LogP contribution in [0.1, 0.15) is 40.7 Å². The molecule has 2 aliphatic heterocycles. The van der Waals surface area contributed by atoms with Crippen LogP contribution < -0.4 is 4.74 Å². The zero-order chi connectivity index (χ0) is 18.1. The van der Waals surface area contributed by atoms with Crippen molar-refractivity contribution in [1.29, 1.82) is 0 Å². The van der Waals surface area contributed by atoms with Gasteiger partial charge in [-0.25, -0.2) is 0 Å². The zero-order valence-corrected chi connectivity index (χ0v) is 15.0. The maximum Gasteiger partial charge on any atom is 0.226 e. The van der Waals surface area contributed by atoms with E-state index in [0.717, 1.165) is 5.56 Å². The van der Waals surface area contributed by atoms with E-state index in [1.807, 2.05) is 54.3 Å². The summed E-state index contributed by atoms with van der Waals surface area (Å²) >= 11 is 0. The fraction of sp³-hybridized carbons (Fsp3) is 0.364. The molecular formula is C22H23NO3. The molecule has 1 fully saturated rings. The lowest BCUT2D eigenvalue weighted by molar-refractivity contribution is -0.134. The van der Waals surface area contributed by atoms with Gasteiger partial charge in [0.25, 0.3) is 0 Å². The standard InChI is InChI=1S/C22H23NO3/c1-16-5-4-6-17(13-16)14-21(25)23-11-9-22(10-12-23)15-19(24)18-7-2-3-8-20(18)26-22/h2-8,13H,9-12,14-15H2,1H3. The van der Waals surface area contributed by atoms with Crippen molar-refractivity contribution >= 4 is 11.7 Å². The number of rotatable bonds is 2. The largest absolute Gasteiger partial charge is 0.486 e. The lowest BCUT2D eigenvalue weighted by Crippen LogP contribution is -2.52. The first kappa shape index (κ1) is 16.8. The second-order valence-corrected chi connectivity index (χ2v) is 7.43. The number of carbonyl (C=O) groups is 2. The van der Waals surface area contributed by atoms with Crippen LogP contribution in [0.5, 0.6) is 5.75 Å². The van der Waals surface area contributed by atoms with E-state index in [-0.39, 0.29) is 11.7 Å². The van der Waals surface area contributed by atoms with Crippen molar-refractivity contribution in [2.24, 2.45) is 0 Å². The summed E-state index contributed by atoms with van der Waals surface area (Å²) in [6.07, 6.45) is 2.24. The molecule has 2 aromatic carbocycles. The summed E-state index contributed by atoms with van der Waals surface area (Å²) in [5.41, 5.74) is 2.44. The average Bonchev–Trinajstić information content (AvgIpc) is 2.62. The van der Waals surface area contributed by atoms with Crippen LogP contribution in [0.4, 0.5) is 0 Å². The van der Waals surface area contributed by atoms with Crippen LogP contribution in [0.15, 0.2) is 48.5 Å². The van der Waals surface area contributed by atoms with Gasteiger partial charge in [-0.15, -0.1) is 0 Å². The Balaban J connectivity index is 1.41. The number of ketones is 1. The summed E-state index contributed by atoms with van der Waals surface area (Å²) in [4.78, 5) is 27.0. The number of para-hydroxylation sites is 1. The Morgan fingerprint density at radius 3 is 2.65 bits per heavy atom. The van der Waals surface area contributed by atoms with Gasteiger partial charge in [0.1, 0.15) is 11.4 Å². The van der Waals surface area contributed by atoms with Crippen molar-refractivity contribution < 1.29 is 14.3 Å². The molecule has 2 heterocycles. The molecular weight excluding hydrogens is 326 g/mol. The first-order chi connectivity index (χ1) is 12.5. The first-order valence-corrected chi connectivity index (χ1v) is 9.19. The number of benzene rings is 2. The Morgan fingerprint density at radius 2 is 1.88 bits per heavy atom. The molecule has 134 valence electrons. The second kappa shape index (κ2) is 6.60. The van der Waals surface area contributed by atoms with Gasteiger partial charge in [0.2, 0.25) is 5.91 Å². The molecule has 0 radical (unpaired) electrons. The lowest BCUT2D eigenvalue weighted by atomic mass is 9.82. The van der Waals surface area contributed by atoms with E-state index in [1.54, 1.807) is 0 Å². The summed E-state index contributed by atoms with van der Waals surface area (Å²) in [5, 5.41) is 0. The number of Topliss-reactive ketones (excluding diaryl/α,β-unsaturated/α-hetero) is 1. The third-order valence-corrected chi connectivity index (χ3v) is 5.46. The number of hydrogen-bond donors (Lipinski definition) is 0. The Hall–Kier alpha value is -2.62. The SMILES string of the molecule is Cc1cccc(CC(=O)N2CCC3(CC2)CC(=O)c2ccccc2O3)c1. The van der Waals surface area contributed by atoms with Gasteiger partial charge in [-0.2, -0.15) is 0 Å². The van der Waals surface area contributed by atoms with E-state index >= 15 is 0 Å². The van der Waals surface area contributed by atoms with Gasteiger partial charge < -0.3 is 9.64 Å². The Morgan fingerprint density at radius 1 is 1.12 bits per heavy atom. The lowest BCUT2D eigenvalue weighted by Gasteiger charge is -2.44. The quantitative estimate of drug-likeness (QED) is 0.833. The molecule has 0 aliphatic carbocycles. The predicted molar refractivity (Wildman–Crippen MR) is 99.4 cm³/mol. The van der Waals surface area contributed by atoms with Crippen LogP contribution in [0.2, 0.25) is 0 Å². The maximum absolute atomic E-state index is 12.6. The maximum atomic E-state index is 12.6. The van der Waals surface area contributed by atoms with Crippen molar-refractivity contribution in [3.05, 3.63) is 65.2 Å². The van der Waals surface area contributed by atoms with Gasteiger partial charge in [-0.05, 0) is 24.6 Å². The monoisotopic (exact) mass is 349 g/mol. The fourth-order valence-corrected chi connectivity index (χ4v) is 3.99. The molecule has 0 N–H and O–H groups in total. The molecule has 26 heavy (non-hydrogen) atoms. The van der Waals surface area contributed by atoms with E-state index in [1.165, 1.54) is 5.56 Å². The number of nitrogens with zero attached hydrogens (tertiary/aromatic N) is 1. The summed E-state index contributed by atoms with van der Waals surface area (Å²) in [7, 11) is 0. The molecule has 0 bridgehead atoms. The summed E-state index contributed by atoms with van der Waals surface area (Å²) in [6, 6.07) is 15.5. The summed E-state index contributed by atoms with van der Waals surface area (Å²) < 4.78 is 6.23. The van der Waals surface area contributed by atoms with Crippen molar-refractivity contribution in [3.8, 4) is 5.75 Å². The minimum Gasteiger partial charge on any atom is -0.486 e. The highest BCUT2D eigenvalue weighted by Crippen LogP contribution is 2.39. The second-order valence-electron chi connectivity index (χ2n) is 7.43. The van der Waals surface area contributed by atoms with Gasteiger partial charge >= 0.3 is 0 Å². The Labute approximate surface area is 153 Å². The molecule has 2 aliphatic rings. The molecule has 1 saturated heterocycles. The number of ether oxygens (including phenoxy) is 1. The first-order valence-electron chi connectivity index (χ1n) is 9.19. The van der Waals surface area contributed by atoms with Gasteiger partial charge in [-0.3, -0.25) is 9.59 Å². The summed E-state index contributed by atoms with van der Waals surface area (Å²) in [6.45, 7) is 3.31. The minimum atomic E-state index is -0.453. The zero-order valence-electron chi connectivity index (χ0n) is 15.0. The number of likely N-dealkylation sites (tertiary alicyclic amines) is 1. The number of amides is 1. The molecule has 4 heteroatoms. The smallest absolute Gasteiger partial charge is 0.226 e. The van der Waals surface area contributed by atoms with Crippen molar-refractivity contribution in [1.82, 2.24) is 4.90 Å². The molecule has 1 spiro atoms. The van der Waals surface area contributed by atoms with Crippen LogP contribution in [0.3, 0.4) is 0 Å². The van der Waals surface area contributed by atoms with Crippen LogP contribution in [-0.2, 0) is 11.2 Å². The van der Waals surface area contributed by atoms with Crippen LogP contribution in [0.25, 0.3) is 0 Å². The number of carbonyl (C=O) groups excluding carboxylic acids is 2. The van der Waals surface area contributed by atoms with Crippen LogP contribution >= 0.6 is 0 Å². The van der Waals surface area contributed by atoms with E-state index < -0.39 is 5.60 Å². The van der Waals surface area contributed by atoms with Crippen molar-refractivity contribution in [3.63, 3.8) is 0 Å². The minimum absolute atomic E-state index is 0.145. The van der Waals surface area contributed by atoms with Gasteiger partial charge in [0.15, 0.2) is 5.78 Å². The van der Waals surface area contributed by atoms with Gasteiger partial charge in [0.05, 0.1) is 18.4 Å². The van der Waals surface area contributed by atoms with Gasteiger partial charge in [-0.1, -0.05) is 42.0 Å². The molecule has 1 amide bonds. The van der Waals surface area contributed by atoms with Crippen LogP contribution in [0, 0.1) is 6.92 Å². The molecule has 0 atom stereocenters. The van der Waals surface area contributed by atoms with Crippen LogP contribution in [-0.4, -0.2) is 35.3 Å². The van der Waals surface area contributed by atoms with Crippen molar-refractivity contribution in [2.75, 3.05) is 13.1 Å². The third-order valence-electron chi connectivity index (χ3n) is 5.46. The van der Waals surface area contributed by atoms with Crippen molar-refractivity contribution in [2.45, 2.75) is 38.2 Å². The fourth-order valence-electron chi connectivity index (χ4n) is 3.99. The molecule has 0 aromatic heterocycles. The molecule has 4 nitrogen and oxygen atoms in total. The van der Waals surface area contributed by atoms with E-state index in [4.69, 9.17) is 4.74 Å². The van der Waals surface area contributed by atoms with E-state index in [0.29, 0.717) is 50.1 Å². The molecule has 4 rings (SSSR count). The number of aryl methyl sites for hydroxylation is 1. The molecule has 0 unspecified atom stereocenters. The Kier molecular flexibility index (Phi) is 4.27. The van der Waals surface area contributed by atoms with Gasteiger partial charge in [0, 0.05) is 25.9 Å². The summed E-state index contributed by atoms with van der Waals surface area (Å²) in [5.74, 6) is 0.975. The normalized spacial score (nSPS) is 18.3. The number of piperidine rings is 1. The molecule has 0 saturated carbocycles. The third kappa shape index (κ3) is 3.24. The molecule has 2 aromatic rings. The number of hydrogen-bond acceptors (Lipinski definition) is 3. The highest BCUT2D eigenvalue weighted by molar-refractivity contribution is 6.00. The Bertz CT molecular complexity index is 850. The highest BCUT2D eigenvalue weighted by Gasteiger charge is 2.43.